The minimum absolute atomic E-state index is 0.0722. The zero-order valence-corrected chi connectivity index (χ0v) is 13.0. The van der Waals surface area contributed by atoms with Crippen LogP contribution in [0.15, 0.2) is 0 Å². The molecule has 5 nitrogen and oxygen atoms in total. The first kappa shape index (κ1) is 16.9. The molecule has 1 aliphatic heterocycles. The summed E-state index contributed by atoms with van der Waals surface area (Å²) in [5.74, 6) is 0.207. The fourth-order valence-electron chi connectivity index (χ4n) is 2.42. The van der Waals surface area contributed by atoms with Crippen molar-refractivity contribution in [1.82, 2.24) is 0 Å². The summed E-state index contributed by atoms with van der Waals surface area (Å²) in [5.41, 5.74) is 0. The summed E-state index contributed by atoms with van der Waals surface area (Å²) in [6.45, 7) is 8.79. The summed E-state index contributed by atoms with van der Waals surface area (Å²) >= 11 is 0. The Labute approximate surface area is 116 Å². The van der Waals surface area contributed by atoms with Crippen LogP contribution in [-0.4, -0.2) is 37.7 Å². The normalized spacial score (nSPS) is 36.4. The van der Waals surface area contributed by atoms with Crippen molar-refractivity contribution in [3.05, 3.63) is 0 Å². The van der Waals surface area contributed by atoms with Crippen molar-refractivity contribution in [3.8, 4) is 0 Å². The Bertz CT molecular complexity index is 367. The highest BCUT2D eigenvalue weighted by Crippen LogP contribution is 2.35. The van der Waals surface area contributed by atoms with Crippen LogP contribution in [0.1, 0.15) is 40.5 Å². The van der Waals surface area contributed by atoms with Gasteiger partial charge < -0.3 is 9.47 Å². The molecule has 0 aromatic carbocycles. The van der Waals surface area contributed by atoms with Crippen LogP contribution in [-0.2, 0) is 19.6 Å². The fraction of sp³-hybridized carbons (Fsp3) is 1.00. The SMILES string of the molecule is CCCCOC1O[C@H](CS(=O)(=O)O)[C@@H](C)[C@H](C)[C@H]1C. The lowest BCUT2D eigenvalue weighted by Crippen LogP contribution is -2.48. The maximum atomic E-state index is 11.0. The zero-order chi connectivity index (χ0) is 14.6. The molecule has 1 aliphatic rings. The van der Waals surface area contributed by atoms with Gasteiger partial charge in [-0.1, -0.05) is 34.1 Å². The van der Waals surface area contributed by atoms with Gasteiger partial charge in [0.05, 0.1) is 6.10 Å². The van der Waals surface area contributed by atoms with Gasteiger partial charge in [-0.15, -0.1) is 0 Å². The van der Waals surface area contributed by atoms with E-state index in [1.807, 2.05) is 6.92 Å². The summed E-state index contributed by atoms with van der Waals surface area (Å²) in [6.07, 6.45) is 1.11. The molecule has 0 amide bonds. The van der Waals surface area contributed by atoms with Crippen molar-refractivity contribution >= 4 is 10.1 Å². The molecule has 0 aliphatic carbocycles. The van der Waals surface area contributed by atoms with E-state index in [0.717, 1.165) is 12.8 Å². The van der Waals surface area contributed by atoms with Crippen LogP contribution in [0.5, 0.6) is 0 Å². The van der Waals surface area contributed by atoms with Gasteiger partial charge >= 0.3 is 0 Å². The third-order valence-corrected chi connectivity index (χ3v) is 4.89. The van der Waals surface area contributed by atoms with Gasteiger partial charge in [-0.05, 0) is 18.3 Å². The molecular weight excluding hydrogens is 268 g/mol. The van der Waals surface area contributed by atoms with E-state index in [2.05, 4.69) is 20.8 Å². The van der Waals surface area contributed by atoms with E-state index in [1.54, 1.807) is 0 Å². The van der Waals surface area contributed by atoms with E-state index in [-0.39, 0.29) is 29.8 Å². The minimum Gasteiger partial charge on any atom is -0.352 e. The Morgan fingerprint density at radius 3 is 2.32 bits per heavy atom. The van der Waals surface area contributed by atoms with Gasteiger partial charge in [0.2, 0.25) is 0 Å². The number of unbranched alkanes of at least 4 members (excludes halogenated alkanes) is 1. The van der Waals surface area contributed by atoms with Crippen molar-refractivity contribution in [2.24, 2.45) is 17.8 Å². The minimum atomic E-state index is -4.03. The van der Waals surface area contributed by atoms with Crippen LogP contribution in [0.2, 0.25) is 0 Å². The average Bonchev–Trinajstić information content (AvgIpc) is 2.30. The van der Waals surface area contributed by atoms with Crippen molar-refractivity contribution in [3.63, 3.8) is 0 Å². The van der Waals surface area contributed by atoms with Gasteiger partial charge in [0, 0.05) is 12.5 Å². The fourth-order valence-corrected chi connectivity index (χ4v) is 3.22. The predicted octanol–water partition coefficient (Wildman–Crippen LogP) is 2.32. The zero-order valence-electron chi connectivity index (χ0n) is 12.2. The lowest BCUT2D eigenvalue weighted by molar-refractivity contribution is -0.242. The van der Waals surface area contributed by atoms with Crippen LogP contribution in [0, 0.1) is 17.8 Å². The lowest BCUT2D eigenvalue weighted by atomic mass is 9.79. The molecule has 1 heterocycles. The first-order valence-electron chi connectivity index (χ1n) is 6.98. The molecule has 0 saturated carbocycles. The van der Waals surface area contributed by atoms with Crippen LogP contribution in [0.3, 0.4) is 0 Å². The summed E-state index contributed by atoms with van der Waals surface area (Å²) in [5, 5.41) is 0. The molecular formula is C13H26O5S. The van der Waals surface area contributed by atoms with E-state index >= 15 is 0 Å². The highest BCUT2D eigenvalue weighted by molar-refractivity contribution is 7.85. The van der Waals surface area contributed by atoms with Gasteiger partial charge in [-0.3, -0.25) is 4.55 Å². The Balaban J connectivity index is 2.68. The van der Waals surface area contributed by atoms with Gasteiger partial charge in [0.25, 0.3) is 10.1 Å². The monoisotopic (exact) mass is 294 g/mol. The highest BCUT2D eigenvalue weighted by Gasteiger charge is 2.41. The largest absolute Gasteiger partial charge is 0.352 e. The maximum Gasteiger partial charge on any atom is 0.267 e. The molecule has 1 fully saturated rings. The highest BCUT2D eigenvalue weighted by atomic mass is 32.2. The predicted molar refractivity (Wildman–Crippen MR) is 73.4 cm³/mol. The maximum absolute atomic E-state index is 11.0. The third kappa shape index (κ3) is 5.02. The third-order valence-electron chi connectivity index (χ3n) is 4.14. The van der Waals surface area contributed by atoms with Gasteiger partial charge in [0.1, 0.15) is 5.75 Å². The Morgan fingerprint density at radius 2 is 1.79 bits per heavy atom. The van der Waals surface area contributed by atoms with E-state index in [0.29, 0.717) is 6.61 Å². The summed E-state index contributed by atoms with van der Waals surface area (Å²) in [6, 6.07) is 0. The van der Waals surface area contributed by atoms with E-state index in [1.165, 1.54) is 0 Å². The molecule has 1 saturated heterocycles. The number of ether oxygens (including phenoxy) is 2. The molecule has 0 spiro atoms. The molecule has 5 atom stereocenters. The first-order chi connectivity index (χ1) is 8.76. The molecule has 19 heavy (non-hydrogen) atoms. The average molecular weight is 294 g/mol. The Kier molecular flexibility index (Phi) is 6.23. The van der Waals surface area contributed by atoms with Gasteiger partial charge in [-0.2, -0.15) is 8.42 Å². The standard InChI is InChI=1S/C13H26O5S/c1-5-6-7-17-13-11(4)9(2)10(3)12(18-13)8-19(14,15)16/h9-13H,5-8H2,1-4H3,(H,14,15,16)/t9-,10-,11+,12+,13?/m0/s1. The van der Waals surface area contributed by atoms with Crippen molar-refractivity contribution in [2.45, 2.75) is 52.9 Å². The molecule has 0 aromatic heterocycles. The molecule has 0 radical (unpaired) electrons. The van der Waals surface area contributed by atoms with E-state index in [9.17, 15) is 8.42 Å². The molecule has 6 heteroatoms. The molecule has 114 valence electrons. The molecule has 0 aromatic rings. The van der Waals surface area contributed by atoms with Crippen molar-refractivity contribution < 1.29 is 22.4 Å². The molecule has 1 unspecified atom stereocenters. The second-order valence-corrected chi connectivity index (χ2v) is 7.09. The van der Waals surface area contributed by atoms with E-state index < -0.39 is 16.2 Å². The second-order valence-electron chi connectivity index (χ2n) is 5.59. The summed E-state index contributed by atoms with van der Waals surface area (Å²) in [7, 11) is -4.03. The topological polar surface area (TPSA) is 72.8 Å². The molecule has 1 N–H and O–H groups in total. The van der Waals surface area contributed by atoms with Crippen molar-refractivity contribution in [2.75, 3.05) is 12.4 Å². The van der Waals surface area contributed by atoms with Gasteiger partial charge in [-0.25, -0.2) is 0 Å². The van der Waals surface area contributed by atoms with Crippen molar-refractivity contribution in [1.29, 1.82) is 0 Å². The van der Waals surface area contributed by atoms with Crippen LogP contribution < -0.4 is 0 Å². The summed E-state index contributed by atoms with van der Waals surface area (Å²) < 4.78 is 42.5. The smallest absolute Gasteiger partial charge is 0.267 e. The number of hydrogen-bond acceptors (Lipinski definition) is 4. The van der Waals surface area contributed by atoms with E-state index in [4.69, 9.17) is 14.0 Å². The number of rotatable bonds is 6. The molecule has 0 bridgehead atoms. The Morgan fingerprint density at radius 1 is 1.16 bits per heavy atom. The number of hydrogen-bond donors (Lipinski definition) is 1. The van der Waals surface area contributed by atoms with Gasteiger partial charge in [0.15, 0.2) is 6.29 Å². The Hall–Kier alpha value is -0.170. The lowest BCUT2D eigenvalue weighted by Gasteiger charge is -2.43. The van der Waals surface area contributed by atoms with Crippen LogP contribution in [0.25, 0.3) is 0 Å². The second kappa shape index (κ2) is 7.02. The quantitative estimate of drug-likeness (QED) is 0.601. The first-order valence-corrected chi connectivity index (χ1v) is 8.59. The van der Waals surface area contributed by atoms with Crippen LogP contribution >= 0.6 is 0 Å². The van der Waals surface area contributed by atoms with Crippen LogP contribution in [0.4, 0.5) is 0 Å². The molecule has 1 rings (SSSR count). The summed E-state index contributed by atoms with van der Waals surface area (Å²) in [4.78, 5) is 0.